The predicted molar refractivity (Wildman–Crippen MR) is 213 cm³/mol. The molecule has 2 heteroatoms. The molecule has 0 spiro atoms. The van der Waals surface area contributed by atoms with Crippen LogP contribution in [-0.2, 0) is 5.54 Å². The van der Waals surface area contributed by atoms with Crippen LogP contribution in [0.1, 0.15) is 16.7 Å². The lowest BCUT2D eigenvalue weighted by Crippen LogP contribution is -3.00. The number of para-hydroxylation sites is 1. The first-order valence-corrected chi connectivity index (χ1v) is 17.0. The van der Waals surface area contributed by atoms with Gasteiger partial charge < -0.3 is 22.3 Å². The Morgan fingerprint density at radius 2 is 0.431 bits per heavy atom. The van der Waals surface area contributed by atoms with E-state index in [0.717, 1.165) is 5.69 Å². The van der Waals surface area contributed by atoms with Crippen molar-refractivity contribution in [2.45, 2.75) is 5.54 Å². The molecule has 0 aliphatic rings. The third kappa shape index (κ3) is 9.82. The van der Waals surface area contributed by atoms with Crippen molar-refractivity contribution in [3.8, 4) is 22.3 Å². The molecule has 51 heavy (non-hydrogen) atoms. The normalized spacial score (nSPS) is 10.2. The van der Waals surface area contributed by atoms with Gasteiger partial charge in [0, 0.05) is 5.69 Å². The monoisotopic (exact) mass is 722 g/mol. The number of anilines is 1. The van der Waals surface area contributed by atoms with E-state index in [4.69, 9.17) is 0 Å². The molecule has 0 amide bonds. The molecule has 8 aromatic rings. The highest BCUT2D eigenvalue weighted by Gasteiger charge is 2.36. The van der Waals surface area contributed by atoms with E-state index in [1.54, 1.807) is 0 Å². The molecule has 0 saturated carbocycles. The molecule has 1 nitrogen and oxygen atoms in total. The van der Waals surface area contributed by atoms with Crippen molar-refractivity contribution >= 4 is 5.69 Å². The number of hydrogen-bond acceptors (Lipinski definition) is 1. The van der Waals surface area contributed by atoms with Gasteiger partial charge in [-0.3, -0.25) is 0 Å². The Morgan fingerprint density at radius 1 is 0.235 bits per heavy atom. The molecule has 0 unspecified atom stereocenters. The maximum atomic E-state index is 3.84. The van der Waals surface area contributed by atoms with Crippen LogP contribution in [0.2, 0.25) is 0 Å². The van der Waals surface area contributed by atoms with Crippen LogP contribution in [-0.4, -0.2) is 0 Å². The van der Waals surface area contributed by atoms with E-state index in [-0.39, 0.29) is 17.0 Å². The summed E-state index contributed by atoms with van der Waals surface area (Å²) >= 11 is 0. The average molecular weight is 724 g/mol. The molecule has 0 radical (unpaired) electrons. The summed E-state index contributed by atoms with van der Waals surface area (Å²) in [6, 6.07) is 83.9. The Labute approximate surface area is 313 Å². The average Bonchev–Trinajstić information content (AvgIpc) is 3.23. The lowest BCUT2D eigenvalue weighted by atomic mass is 9.77. The minimum absolute atomic E-state index is 0. The highest BCUT2D eigenvalue weighted by Crippen LogP contribution is 2.39. The van der Waals surface area contributed by atoms with Crippen LogP contribution in [0, 0.1) is 0 Å². The number of hydrogen-bond donors (Lipinski definition) is 1. The van der Waals surface area contributed by atoms with E-state index in [9.17, 15) is 0 Å². The van der Waals surface area contributed by atoms with Crippen molar-refractivity contribution in [1.82, 2.24) is 0 Å². The van der Waals surface area contributed by atoms with Crippen LogP contribution in [0.15, 0.2) is 243 Å². The summed E-state index contributed by atoms with van der Waals surface area (Å²) < 4.78 is 0. The fraction of sp³-hybridized carbons (Fsp3) is 0.0204. The van der Waals surface area contributed by atoms with Crippen molar-refractivity contribution in [1.29, 1.82) is 0 Å². The van der Waals surface area contributed by atoms with E-state index in [0.29, 0.717) is 0 Å². The van der Waals surface area contributed by atoms with Crippen molar-refractivity contribution in [2.24, 2.45) is 0 Å². The quantitative estimate of drug-likeness (QED) is 0.162. The Hall–Kier alpha value is -5.96. The molecule has 8 rings (SSSR count). The van der Waals surface area contributed by atoms with E-state index in [2.05, 4.69) is 218 Å². The second-order valence-corrected chi connectivity index (χ2v) is 11.8. The van der Waals surface area contributed by atoms with Gasteiger partial charge in [-0.1, -0.05) is 231 Å². The molecule has 0 saturated heterocycles. The molecule has 0 fully saturated rings. The van der Waals surface area contributed by atoms with E-state index < -0.39 is 5.54 Å². The first-order chi connectivity index (χ1) is 24.8. The number of nitrogens with one attached hydrogen (secondary N) is 1. The fourth-order valence-corrected chi connectivity index (χ4v) is 6.04. The summed E-state index contributed by atoms with van der Waals surface area (Å²) in [6.07, 6.45) is 0. The second-order valence-electron chi connectivity index (χ2n) is 11.8. The summed E-state index contributed by atoms with van der Waals surface area (Å²) in [5, 5.41) is 3.84. The van der Waals surface area contributed by atoms with Gasteiger partial charge in [-0.05, 0) is 51.1 Å². The highest BCUT2D eigenvalue weighted by atomic mass is 79.9. The van der Waals surface area contributed by atoms with Crippen LogP contribution in [0.25, 0.3) is 22.3 Å². The SMILES string of the molecule is [Br-].c1ccc(-c2ccccc2)cc1.c1ccc(-c2ccccc2)cc1.c1ccc(NC(c2ccccc2)(c2ccccc2)c2ccccc2)cc1. The van der Waals surface area contributed by atoms with Gasteiger partial charge in [0.2, 0.25) is 0 Å². The summed E-state index contributed by atoms with van der Waals surface area (Å²) in [5.41, 5.74) is 9.35. The second kappa shape index (κ2) is 19.3. The minimum Gasteiger partial charge on any atom is -1.00 e. The van der Waals surface area contributed by atoms with Gasteiger partial charge in [0.1, 0.15) is 5.54 Å². The van der Waals surface area contributed by atoms with Crippen LogP contribution in [0.3, 0.4) is 0 Å². The number of halogens is 1. The summed E-state index contributed by atoms with van der Waals surface area (Å²) in [7, 11) is 0. The van der Waals surface area contributed by atoms with Gasteiger partial charge in [0.25, 0.3) is 0 Å². The molecule has 0 atom stereocenters. The number of benzene rings is 8. The van der Waals surface area contributed by atoms with Crippen molar-refractivity contribution in [2.75, 3.05) is 5.32 Å². The van der Waals surface area contributed by atoms with Gasteiger partial charge in [-0.15, -0.1) is 0 Å². The standard InChI is InChI=1S/C25H21N.2C12H10.BrH/c1-5-13-21(14-6-1)25(22-15-7-2-8-16-22,23-17-9-3-10-18-23)26-24-19-11-4-12-20-24;2*1-3-7-11(8-4-1)12-9-5-2-6-10-12;/h1-20,26H;2*1-10H;1H/p-1. The molecular formula is C49H41BrN-. The highest BCUT2D eigenvalue weighted by molar-refractivity contribution is 5.64. The maximum absolute atomic E-state index is 3.84. The van der Waals surface area contributed by atoms with Crippen LogP contribution in [0.4, 0.5) is 5.69 Å². The molecular weight excluding hydrogens is 682 g/mol. The molecule has 1 N–H and O–H groups in total. The van der Waals surface area contributed by atoms with Crippen LogP contribution >= 0.6 is 0 Å². The summed E-state index contributed by atoms with van der Waals surface area (Å²) in [5.74, 6) is 0. The van der Waals surface area contributed by atoms with Crippen LogP contribution in [0.5, 0.6) is 0 Å². The van der Waals surface area contributed by atoms with E-state index >= 15 is 0 Å². The molecule has 0 aromatic heterocycles. The van der Waals surface area contributed by atoms with Crippen molar-refractivity contribution in [3.05, 3.63) is 259 Å². The van der Waals surface area contributed by atoms with Crippen molar-refractivity contribution < 1.29 is 17.0 Å². The van der Waals surface area contributed by atoms with Gasteiger partial charge in [-0.2, -0.15) is 0 Å². The molecule has 0 aliphatic carbocycles. The lowest BCUT2D eigenvalue weighted by molar-refractivity contribution is -0.00000961. The third-order valence-corrected chi connectivity index (χ3v) is 8.49. The molecule has 250 valence electrons. The molecule has 0 aliphatic heterocycles. The largest absolute Gasteiger partial charge is 1.00 e. The van der Waals surface area contributed by atoms with Crippen molar-refractivity contribution in [3.63, 3.8) is 0 Å². The summed E-state index contributed by atoms with van der Waals surface area (Å²) in [6.45, 7) is 0. The Kier molecular flexibility index (Phi) is 13.7. The van der Waals surface area contributed by atoms with Gasteiger partial charge >= 0.3 is 0 Å². The Balaban J connectivity index is 0.000000167. The van der Waals surface area contributed by atoms with Gasteiger partial charge in [0.15, 0.2) is 0 Å². The predicted octanol–water partition coefficient (Wildman–Crippen LogP) is 9.80. The van der Waals surface area contributed by atoms with E-state index in [1.807, 2.05) is 30.3 Å². The zero-order valence-electron chi connectivity index (χ0n) is 28.5. The zero-order valence-corrected chi connectivity index (χ0v) is 30.1. The van der Waals surface area contributed by atoms with E-state index in [1.165, 1.54) is 38.9 Å². The third-order valence-electron chi connectivity index (χ3n) is 8.49. The Bertz CT molecular complexity index is 1830. The number of rotatable bonds is 7. The molecule has 0 heterocycles. The topological polar surface area (TPSA) is 12.0 Å². The van der Waals surface area contributed by atoms with Gasteiger partial charge in [-0.25, -0.2) is 0 Å². The van der Waals surface area contributed by atoms with Gasteiger partial charge in [0.05, 0.1) is 0 Å². The first kappa shape index (κ1) is 36.3. The Morgan fingerprint density at radius 3 is 0.667 bits per heavy atom. The smallest absolute Gasteiger partial charge is 0.114 e. The lowest BCUT2D eigenvalue weighted by Gasteiger charge is -2.38. The minimum atomic E-state index is -0.467. The molecule has 8 aromatic carbocycles. The molecule has 0 bridgehead atoms. The maximum Gasteiger partial charge on any atom is 0.114 e. The fourth-order valence-electron chi connectivity index (χ4n) is 6.04. The zero-order chi connectivity index (χ0) is 34.1. The summed E-state index contributed by atoms with van der Waals surface area (Å²) in [4.78, 5) is 0. The van der Waals surface area contributed by atoms with Crippen LogP contribution < -0.4 is 22.3 Å². The first-order valence-electron chi connectivity index (χ1n) is 17.0.